The first-order valence-corrected chi connectivity index (χ1v) is 6.52. The maximum Gasteiger partial charge on any atom is 0.271 e. The molecule has 0 aliphatic heterocycles. The van der Waals surface area contributed by atoms with E-state index < -0.39 is 0 Å². The van der Waals surface area contributed by atoms with Crippen molar-refractivity contribution in [1.29, 1.82) is 0 Å². The number of anilines is 1. The molecule has 0 spiro atoms. The molecular formula is C14H17N5O. The van der Waals surface area contributed by atoms with Gasteiger partial charge in [-0.2, -0.15) is 0 Å². The number of nitrogens with one attached hydrogen (secondary N) is 2. The lowest BCUT2D eigenvalue weighted by Crippen LogP contribution is -2.24. The van der Waals surface area contributed by atoms with Crippen LogP contribution in [0, 0.1) is 0 Å². The van der Waals surface area contributed by atoms with Crippen molar-refractivity contribution >= 4 is 11.7 Å². The molecule has 20 heavy (non-hydrogen) atoms. The second kappa shape index (κ2) is 7.18. The number of pyridine rings is 1. The van der Waals surface area contributed by atoms with E-state index in [1.54, 1.807) is 18.6 Å². The second-order valence-corrected chi connectivity index (χ2v) is 4.25. The largest absolute Gasteiger partial charge is 0.369 e. The van der Waals surface area contributed by atoms with Crippen LogP contribution < -0.4 is 10.6 Å². The standard InChI is InChI=1S/C14H17N5O/c1-2-5-16-13-10-17-12(9-18-13)14(20)19-8-11-3-6-15-7-4-11/h3-4,6-7,9-10H,2,5,8H2,1H3,(H,16,18)(H,19,20). The number of nitrogens with zero attached hydrogens (tertiary/aromatic N) is 3. The van der Waals surface area contributed by atoms with Gasteiger partial charge in [0.05, 0.1) is 12.4 Å². The Morgan fingerprint density at radius 2 is 2.00 bits per heavy atom. The highest BCUT2D eigenvalue weighted by molar-refractivity contribution is 5.91. The van der Waals surface area contributed by atoms with E-state index in [4.69, 9.17) is 0 Å². The van der Waals surface area contributed by atoms with Gasteiger partial charge in [0.25, 0.3) is 5.91 Å². The molecule has 0 radical (unpaired) electrons. The van der Waals surface area contributed by atoms with Crippen molar-refractivity contribution in [2.45, 2.75) is 19.9 Å². The molecule has 0 aliphatic carbocycles. The molecule has 1 amide bonds. The van der Waals surface area contributed by atoms with Crippen LogP contribution in [0.4, 0.5) is 5.82 Å². The van der Waals surface area contributed by atoms with Crippen molar-refractivity contribution in [1.82, 2.24) is 20.3 Å². The summed E-state index contributed by atoms with van der Waals surface area (Å²) < 4.78 is 0. The van der Waals surface area contributed by atoms with Crippen LogP contribution in [0.3, 0.4) is 0 Å². The molecule has 6 heteroatoms. The molecule has 2 heterocycles. The second-order valence-electron chi connectivity index (χ2n) is 4.25. The normalized spacial score (nSPS) is 10.1. The molecule has 0 saturated carbocycles. The zero-order valence-corrected chi connectivity index (χ0v) is 11.3. The molecule has 0 fully saturated rings. The van der Waals surface area contributed by atoms with Gasteiger partial charge in [0, 0.05) is 25.5 Å². The lowest BCUT2D eigenvalue weighted by molar-refractivity contribution is 0.0945. The van der Waals surface area contributed by atoms with Crippen molar-refractivity contribution in [3.05, 3.63) is 48.2 Å². The Bertz CT molecular complexity index is 541. The van der Waals surface area contributed by atoms with E-state index in [-0.39, 0.29) is 5.91 Å². The highest BCUT2D eigenvalue weighted by Gasteiger charge is 2.07. The molecule has 2 aromatic rings. The van der Waals surface area contributed by atoms with Gasteiger partial charge in [0.2, 0.25) is 0 Å². The predicted molar refractivity (Wildman–Crippen MR) is 76.2 cm³/mol. The Kier molecular flexibility index (Phi) is 5.00. The fourth-order valence-electron chi connectivity index (χ4n) is 1.56. The Hall–Kier alpha value is -2.50. The maximum atomic E-state index is 11.9. The quantitative estimate of drug-likeness (QED) is 0.834. The Labute approximate surface area is 117 Å². The molecule has 0 unspecified atom stereocenters. The number of amides is 1. The van der Waals surface area contributed by atoms with Gasteiger partial charge in [-0.15, -0.1) is 0 Å². The Morgan fingerprint density at radius 1 is 1.20 bits per heavy atom. The van der Waals surface area contributed by atoms with Crippen molar-refractivity contribution in [2.75, 3.05) is 11.9 Å². The van der Waals surface area contributed by atoms with Crippen LogP contribution in [0.2, 0.25) is 0 Å². The summed E-state index contributed by atoms with van der Waals surface area (Å²) in [6.07, 6.45) is 7.43. The van der Waals surface area contributed by atoms with Gasteiger partial charge < -0.3 is 10.6 Å². The highest BCUT2D eigenvalue weighted by Crippen LogP contribution is 2.02. The monoisotopic (exact) mass is 271 g/mol. The molecule has 0 aliphatic rings. The lowest BCUT2D eigenvalue weighted by atomic mass is 10.2. The number of hydrogen-bond acceptors (Lipinski definition) is 5. The van der Waals surface area contributed by atoms with Gasteiger partial charge in [0.15, 0.2) is 0 Å². The van der Waals surface area contributed by atoms with Crippen molar-refractivity contribution < 1.29 is 4.79 Å². The van der Waals surface area contributed by atoms with Crippen LogP contribution in [-0.4, -0.2) is 27.4 Å². The molecule has 0 bridgehead atoms. The molecule has 0 aromatic carbocycles. The van der Waals surface area contributed by atoms with Gasteiger partial charge >= 0.3 is 0 Å². The SMILES string of the molecule is CCCNc1cnc(C(=O)NCc2ccncc2)cn1. The van der Waals surface area contributed by atoms with E-state index in [0.717, 1.165) is 18.5 Å². The summed E-state index contributed by atoms with van der Waals surface area (Å²) in [5.74, 6) is 0.439. The van der Waals surface area contributed by atoms with Crippen LogP contribution in [0.15, 0.2) is 36.9 Å². The van der Waals surface area contributed by atoms with E-state index in [1.165, 1.54) is 6.20 Å². The minimum atomic E-state index is -0.239. The van der Waals surface area contributed by atoms with Gasteiger partial charge in [0.1, 0.15) is 11.5 Å². The predicted octanol–water partition coefficient (Wildman–Crippen LogP) is 1.62. The van der Waals surface area contributed by atoms with E-state index in [0.29, 0.717) is 18.1 Å². The molecule has 0 atom stereocenters. The topological polar surface area (TPSA) is 79.8 Å². The first-order chi connectivity index (χ1) is 9.79. The smallest absolute Gasteiger partial charge is 0.271 e. The van der Waals surface area contributed by atoms with Gasteiger partial charge in [-0.3, -0.25) is 9.78 Å². The number of carbonyl (C=O) groups excluding carboxylic acids is 1. The van der Waals surface area contributed by atoms with Crippen LogP contribution in [0.1, 0.15) is 29.4 Å². The Balaban J connectivity index is 1.89. The van der Waals surface area contributed by atoms with Crippen molar-refractivity contribution in [3.63, 3.8) is 0 Å². The fourth-order valence-corrected chi connectivity index (χ4v) is 1.56. The zero-order chi connectivity index (χ0) is 14.2. The highest BCUT2D eigenvalue weighted by atomic mass is 16.1. The third-order valence-electron chi connectivity index (χ3n) is 2.64. The number of aromatic nitrogens is 3. The molecular weight excluding hydrogens is 254 g/mol. The van der Waals surface area contributed by atoms with E-state index >= 15 is 0 Å². The van der Waals surface area contributed by atoms with Crippen LogP contribution in [0.25, 0.3) is 0 Å². The van der Waals surface area contributed by atoms with E-state index in [9.17, 15) is 4.79 Å². The number of rotatable bonds is 6. The molecule has 2 aromatic heterocycles. The summed E-state index contributed by atoms with van der Waals surface area (Å²) in [6.45, 7) is 3.35. The average Bonchev–Trinajstić information content (AvgIpc) is 2.52. The molecule has 2 N–H and O–H groups in total. The third kappa shape index (κ3) is 4.01. The average molecular weight is 271 g/mol. The summed E-state index contributed by atoms with van der Waals surface area (Å²) in [4.78, 5) is 24.1. The van der Waals surface area contributed by atoms with Crippen molar-refractivity contribution in [2.24, 2.45) is 0 Å². The van der Waals surface area contributed by atoms with Crippen LogP contribution in [0.5, 0.6) is 0 Å². The lowest BCUT2D eigenvalue weighted by Gasteiger charge is -2.06. The summed E-state index contributed by atoms with van der Waals surface area (Å²) in [5, 5.41) is 5.89. The summed E-state index contributed by atoms with van der Waals surface area (Å²) in [7, 11) is 0. The van der Waals surface area contributed by atoms with E-state index in [2.05, 4.69) is 32.5 Å². The summed E-state index contributed by atoms with van der Waals surface area (Å²) in [6, 6.07) is 3.70. The summed E-state index contributed by atoms with van der Waals surface area (Å²) >= 11 is 0. The van der Waals surface area contributed by atoms with Crippen molar-refractivity contribution in [3.8, 4) is 0 Å². The number of carbonyl (C=O) groups is 1. The maximum absolute atomic E-state index is 11.9. The fraction of sp³-hybridized carbons (Fsp3) is 0.286. The minimum Gasteiger partial charge on any atom is -0.369 e. The van der Waals surface area contributed by atoms with Gasteiger partial charge in [-0.1, -0.05) is 6.92 Å². The first kappa shape index (κ1) is 13.9. The van der Waals surface area contributed by atoms with Gasteiger partial charge in [-0.25, -0.2) is 9.97 Å². The number of hydrogen-bond donors (Lipinski definition) is 2. The molecule has 0 saturated heterocycles. The minimum absolute atomic E-state index is 0.239. The molecule has 6 nitrogen and oxygen atoms in total. The first-order valence-electron chi connectivity index (χ1n) is 6.52. The molecule has 2 rings (SSSR count). The Morgan fingerprint density at radius 3 is 2.65 bits per heavy atom. The zero-order valence-electron chi connectivity index (χ0n) is 11.3. The van der Waals surface area contributed by atoms with Crippen LogP contribution >= 0.6 is 0 Å². The molecule has 104 valence electrons. The van der Waals surface area contributed by atoms with Gasteiger partial charge in [-0.05, 0) is 24.1 Å². The van der Waals surface area contributed by atoms with E-state index in [1.807, 2.05) is 12.1 Å². The van der Waals surface area contributed by atoms with Crippen LogP contribution in [-0.2, 0) is 6.54 Å². The third-order valence-corrected chi connectivity index (χ3v) is 2.64. The summed E-state index contributed by atoms with van der Waals surface area (Å²) in [5.41, 5.74) is 1.30.